The first-order chi connectivity index (χ1) is 11.1. The Kier molecular flexibility index (Phi) is 6.44. The molecule has 2 aromatic rings. The SMILES string of the molecule is CCSC(C)C(=O)N(COC)c1cn(-c2cccnc2)nc1Cl. The van der Waals surface area contributed by atoms with Gasteiger partial charge in [-0.3, -0.25) is 14.7 Å². The Morgan fingerprint density at radius 3 is 2.96 bits per heavy atom. The fraction of sp³-hybridized carbons (Fsp3) is 0.400. The molecule has 8 heteroatoms. The number of methoxy groups -OCH3 is 1. The van der Waals surface area contributed by atoms with Gasteiger partial charge >= 0.3 is 0 Å². The molecule has 0 spiro atoms. The van der Waals surface area contributed by atoms with Gasteiger partial charge < -0.3 is 4.74 Å². The summed E-state index contributed by atoms with van der Waals surface area (Å²) in [4.78, 5) is 18.2. The maximum Gasteiger partial charge on any atom is 0.241 e. The average Bonchev–Trinajstić information content (AvgIpc) is 2.94. The van der Waals surface area contributed by atoms with E-state index in [0.29, 0.717) is 5.69 Å². The highest BCUT2D eigenvalue weighted by atomic mass is 35.5. The molecular formula is C15H19ClN4O2S. The van der Waals surface area contributed by atoms with Crippen molar-refractivity contribution in [2.45, 2.75) is 19.1 Å². The van der Waals surface area contributed by atoms with Crippen molar-refractivity contribution in [1.82, 2.24) is 14.8 Å². The molecule has 0 bridgehead atoms. The zero-order valence-corrected chi connectivity index (χ0v) is 14.8. The fourth-order valence-electron chi connectivity index (χ4n) is 2.07. The molecule has 0 radical (unpaired) electrons. The summed E-state index contributed by atoms with van der Waals surface area (Å²) in [6, 6.07) is 3.67. The first-order valence-corrected chi connectivity index (χ1v) is 8.58. The van der Waals surface area contributed by atoms with Gasteiger partial charge in [0.2, 0.25) is 5.91 Å². The first kappa shape index (κ1) is 17.8. The topological polar surface area (TPSA) is 60.2 Å². The second kappa shape index (κ2) is 8.33. The van der Waals surface area contributed by atoms with Crippen molar-refractivity contribution in [3.05, 3.63) is 35.9 Å². The number of amides is 1. The summed E-state index contributed by atoms with van der Waals surface area (Å²) in [5, 5.41) is 4.31. The molecule has 1 amide bonds. The molecule has 2 heterocycles. The molecule has 23 heavy (non-hydrogen) atoms. The standard InChI is InChI=1S/C15H19ClN4O2S/c1-4-23-11(2)15(21)19(10-22-3)13-9-20(18-14(13)16)12-6-5-7-17-8-12/h5-9,11H,4,10H2,1-3H3. The van der Waals surface area contributed by atoms with Gasteiger partial charge in [-0.25, -0.2) is 4.68 Å². The summed E-state index contributed by atoms with van der Waals surface area (Å²) in [5.41, 5.74) is 1.28. The second-order valence-corrected chi connectivity index (χ2v) is 6.72. The van der Waals surface area contributed by atoms with Crippen LogP contribution < -0.4 is 4.90 Å². The number of hydrogen-bond acceptors (Lipinski definition) is 5. The van der Waals surface area contributed by atoms with E-state index in [4.69, 9.17) is 16.3 Å². The Morgan fingerprint density at radius 2 is 2.35 bits per heavy atom. The number of thioether (sulfide) groups is 1. The van der Waals surface area contributed by atoms with Gasteiger partial charge in [-0.1, -0.05) is 18.5 Å². The number of anilines is 1. The predicted octanol–water partition coefficient (Wildman–Crippen LogP) is 3.00. The number of ether oxygens (including phenoxy) is 1. The number of carbonyl (C=O) groups excluding carboxylic acids is 1. The Bertz CT molecular complexity index is 650. The van der Waals surface area contributed by atoms with Crippen LogP contribution in [0.15, 0.2) is 30.7 Å². The third-order valence-electron chi connectivity index (χ3n) is 3.14. The van der Waals surface area contributed by atoms with Crippen molar-refractivity contribution < 1.29 is 9.53 Å². The summed E-state index contributed by atoms with van der Waals surface area (Å²) in [6.07, 6.45) is 5.06. The zero-order chi connectivity index (χ0) is 16.8. The maximum absolute atomic E-state index is 12.6. The van der Waals surface area contributed by atoms with E-state index in [0.717, 1.165) is 11.4 Å². The number of nitrogens with zero attached hydrogens (tertiary/aromatic N) is 4. The van der Waals surface area contributed by atoms with E-state index in [9.17, 15) is 4.79 Å². The van der Waals surface area contributed by atoms with Gasteiger partial charge in [-0.05, 0) is 24.8 Å². The van der Waals surface area contributed by atoms with Crippen molar-refractivity contribution in [1.29, 1.82) is 0 Å². The monoisotopic (exact) mass is 354 g/mol. The Morgan fingerprint density at radius 1 is 1.57 bits per heavy atom. The smallest absolute Gasteiger partial charge is 0.241 e. The highest BCUT2D eigenvalue weighted by Crippen LogP contribution is 2.28. The van der Waals surface area contributed by atoms with Crippen molar-refractivity contribution >= 4 is 35.0 Å². The normalized spacial score (nSPS) is 12.2. The van der Waals surface area contributed by atoms with E-state index in [1.54, 1.807) is 35.0 Å². The summed E-state index contributed by atoms with van der Waals surface area (Å²) < 4.78 is 6.76. The van der Waals surface area contributed by atoms with E-state index in [1.165, 1.54) is 12.0 Å². The third kappa shape index (κ3) is 4.25. The van der Waals surface area contributed by atoms with Crippen LogP contribution in [-0.4, -0.2) is 45.5 Å². The zero-order valence-electron chi connectivity index (χ0n) is 13.3. The molecule has 124 valence electrons. The molecule has 0 aliphatic carbocycles. The van der Waals surface area contributed by atoms with Crippen molar-refractivity contribution in [3.63, 3.8) is 0 Å². The molecule has 1 atom stereocenters. The van der Waals surface area contributed by atoms with Crippen LogP contribution in [0.5, 0.6) is 0 Å². The lowest BCUT2D eigenvalue weighted by Gasteiger charge is -2.23. The number of halogens is 1. The lowest BCUT2D eigenvalue weighted by molar-refractivity contribution is -0.118. The van der Waals surface area contributed by atoms with Gasteiger partial charge in [-0.2, -0.15) is 5.10 Å². The lowest BCUT2D eigenvalue weighted by Crippen LogP contribution is -2.38. The van der Waals surface area contributed by atoms with E-state index >= 15 is 0 Å². The van der Waals surface area contributed by atoms with Gasteiger partial charge in [0.25, 0.3) is 0 Å². The molecule has 0 aliphatic heterocycles. The highest BCUT2D eigenvalue weighted by molar-refractivity contribution is 8.00. The maximum atomic E-state index is 12.6. The van der Waals surface area contributed by atoms with Crippen molar-refractivity contribution in [2.24, 2.45) is 0 Å². The molecule has 0 N–H and O–H groups in total. The Labute approximate surface area is 144 Å². The van der Waals surface area contributed by atoms with Crippen LogP contribution in [0.1, 0.15) is 13.8 Å². The van der Waals surface area contributed by atoms with Crippen LogP contribution in [0.3, 0.4) is 0 Å². The molecule has 0 fully saturated rings. The summed E-state index contributed by atoms with van der Waals surface area (Å²) in [6.45, 7) is 4.01. The number of pyridine rings is 1. The number of carbonyl (C=O) groups is 1. The summed E-state index contributed by atoms with van der Waals surface area (Å²) >= 11 is 7.81. The minimum atomic E-state index is -0.187. The van der Waals surface area contributed by atoms with Gasteiger partial charge in [0, 0.05) is 13.3 Å². The number of aromatic nitrogens is 3. The van der Waals surface area contributed by atoms with Crippen molar-refractivity contribution in [3.8, 4) is 5.69 Å². The van der Waals surface area contributed by atoms with E-state index < -0.39 is 0 Å². The largest absolute Gasteiger partial charge is 0.364 e. The van der Waals surface area contributed by atoms with Crippen LogP contribution >= 0.6 is 23.4 Å². The van der Waals surface area contributed by atoms with E-state index in [-0.39, 0.29) is 23.0 Å². The summed E-state index contributed by atoms with van der Waals surface area (Å²) in [5.74, 6) is 0.794. The van der Waals surface area contributed by atoms with Crippen LogP contribution in [0, 0.1) is 0 Å². The predicted molar refractivity (Wildman–Crippen MR) is 93.3 cm³/mol. The van der Waals surface area contributed by atoms with Crippen LogP contribution in [0.2, 0.25) is 5.15 Å². The third-order valence-corrected chi connectivity index (χ3v) is 4.45. The van der Waals surface area contributed by atoms with Gasteiger partial charge in [0.15, 0.2) is 5.15 Å². The number of rotatable bonds is 7. The van der Waals surface area contributed by atoms with Crippen LogP contribution in [0.25, 0.3) is 5.69 Å². The van der Waals surface area contributed by atoms with Crippen LogP contribution in [0.4, 0.5) is 5.69 Å². The van der Waals surface area contributed by atoms with Crippen LogP contribution in [-0.2, 0) is 9.53 Å². The molecule has 0 aromatic carbocycles. The average molecular weight is 355 g/mol. The van der Waals surface area contributed by atoms with Gasteiger partial charge in [0.1, 0.15) is 12.4 Å². The molecular weight excluding hydrogens is 336 g/mol. The summed E-state index contributed by atoms with van der Waals surface area (Å²) in [7, 11) is 1.54. The molecule has 0 saturated heterocycles. The van der Waals surface area contributed by atoms with E-state index in [1.807, 2.05) is 26.0 Å². The lowest BCUT2D eigenvalue weighted by atomic mass is 10.3. The second-order valence-electron chi connectivity index (χ2n) is 4.74. The minimum Gasteiger partial charge on any atom is -0.364 e. The molecule has 6 nitrogen and oxygen atoms in total. The number of hydrogen-bond donors (Lipinski definition) is 0. The van der Waals surface area contributed by atoms with Crippen molar-refractivity contribution in [2.75, 3.05) is 24.5 Å². The first-order valence-electron chi connectivity index (χ1n) is 7.16. The van der Waals surface area contributed by atoms with E-state index in [2.05, 4.69) is 10.1 Å². The van der Waals surface area contributed by atoms with Gasteiger partial charge in [-0.15, -0.1) is 11.8 Å². The molecule has 2 aromatic heterocycles. The van der Waals surface area contributed by atoms with Gasteiger partial charge in [0.05, 0.1) is 23.3 Å². The molecule has 0 aliphatic rings. The minimum absolute atomic E-state index is 0.0636. The fourth-order valence-corrected chi connectivity index (χ4v) is 3.07. The molecule has 1 unspecified atom stereocenters. The Balaban J connectivity index is 2.33. The Hall–Kier alpha value is -1.57. The quantitative estimate of drug-likeness (QED) is 0.715. The highest BCUT2D eigenvalue weighted by Gasteiger charge is 2.25. The molecule has 2 rings (SSSR count). The molecule has 0 saturated carbocycles.